The van der Waals surface area contributed by atoms with Gasteiger partial charge >= 0.3 is 0 Å². The molecular weight excluding hydrogens is 681 g/mol. The average Bonchev–Trinajstić information content (AvgIpc) is 3.73. The zero-order chi connectivity index (χ0) is 37.3. The molecule has 1 aromatic heterocycles. The van der Waals surface area contributed by atoms with Gasteiger partial charge in [-0.1, -0.05) is 170 Å². The van der Waals surface area contributed by atoms with Crippen LogP contribution in [0.5, 0.6) is 0 Å². The fraction of sp³-hybridized carbons (Fsp3) is 0. The van der Waals surface area contributed by atoms with Gasteiger partial charge in [0.25, 0.3) is 0 Å². The number of hydrogen-bond acceptors (Lipinski definition) is 3. The third-order valence-electron chi connectivity index (χ3n) is 10.5. The van der Waals surface area contributed by atoms with Crippen LogP contribution >= 0.6 is 0 Å². The van der Waals surface area contributed by atoms with E-state index in [2.05, 4.69) is 175 Å². The van der Waals surface area contributed by atoms with Crippen molar-refractivity contribution in [3.05, 3.63) is 218 Å². The Bertz CT molecular complexity index is 2800. The van der Waals surface area contributed by atoms with E-state index in [0.29, 0.717) is 5.82 Å². The normalized spacial score (nSPS) is 11.2. The molecule has 0 spiro atoms. The minimum atomic E-state index is 0.688. The van der Waals surface area contributed by atoms with Crippen LogP contribution in [0, 0.1) is 0 Å². The molecule has 1 heterocycles. The molecule has 10 rings (SSSR count). The summed E-state index contributed by atoms with van der Waals surface area (Å²) >= 11 is 0. The molecule has 56 heavy (non-hydrogen) atoms. The highest BCUT2D eigenvalue weighted by Gasteiger charge is 2.18. The van der Waals surface area contributed by atoms with Crippen LogP contribution < -0.4 is 4.90 Å². The number of rotatable bonds is 8. The van der Waals surface area contributed by atoms with Crippen LogP contribution in [0.25, 0.3) is 72.3 Å². The maximum Gasteiger partial charge on any atom is 0.182 e. The molecule has 4 nitrogen and oxygen atoms in total. The van der Waals surface area contributed by atoms with Gasteiger partial charge < -0.3 is 4.90 Å². The highest BCUT2D eigenvalue weighted by Crippen LogP contribution is 2.39. The topological polar surface area (TPSA) is 34.0 Å². The van der Waals surface area contributed by atoms with Gasteiger partial charge in [-0.3, -0.25) is 0 Å². The van der Waals surface area contributed by atoms with Gasteiger partial charge in [-0.05, 0) is 92.3 Å². The molecule has 0 aliphatic carbocycles. The quantitative estimate of drug-likeness (QED) is 0.157. The molecule has 0 atom stereocenters. The monoisotopic (exact) mass is 716 g/mol. The Balaban J connectivity index is 1.06. The minimum Gasteiger partial charge on any atom is -0.311 e. The van der Waals surface area contributed by atoms with E-state index in [4.69, 9.17) is 10.1 Å². The molecule has 264 valence electrons. The molecule has 0 unspecified atom stereocenters. The Kier molecular flexibility index (Phi) is 8.47. The van der Waals surface area contributed by atoms with Gasteiger partial charge in [0.2, 0.25) is 0 Å². The van der Waals surface area contributed by atoms with Crippen molar-refractivity contribution in [2.45, 2.75) is 0 Å². The second-order valence-corrected chi connectivity index (χ2v) is 13.9. The average molecular weight is 717 g/mol. The van der Waals surface area contributed by atoms with Crippen molar-refractivity contribution in [2.24, 2.45) is 0 Å². The van der Waals surface area contributed by atoms with Crippen molar-refractivity contribution in [1.29, 1.82) is 0 Å². The van der Waals surface area contributed by atoms with Crippen LogP contribution in [0.3, 0.4) is 0 Å². The van der Waals surface area contributed by atoms with E-state index in [1.54, 1.807) is 0 Å². The van der Waals surface area contributed by atoms with E-state index in [1.165, 1.54) is 43.8 Å². The first-order valence-corrected chi connectivity index (χ1v) is 18.9. The summed E-state index contributed by atoms with van der Waals surface area (Å²) in [6, 6.07) is 77.0. The second-order valence-electron chi connectivity index (χ2n) is 13.9. The summed E-state index contributed by atoms with van der Waals surface area (Å²) in [5.74, 6) is 1.48. The van der Waals surface area contributed by atoms with Crippen LogP contribution in [0.15, 0.2) is 218 Å². The SMILES string of the molecule is c1ccc(-c2nc(-c3ccccc3)n(-c3ccc(N(c4ccc(-c5cccc6ccccc56)cc4)c4ccc(-c5cccc6ccccc56)cc4)cc3)n2)cc1. The molecule has 0 radical (unpaired) electrons. The number of hydrogen-bond donors (Lipinski definition) is 0. The summed E-state index contributed by atoms with van der Waals surface area (Å²) in [6.07, 6.45) is 0. The highest BCUT2D eigenvalue weighted by molar-refractivity contribution is 5.98. The first kappa shape index (κ1) is 33.0. The fourth-order valence-electron chi connectivity index (χ4n) is 7.70. The van der Waals surface area contributed by atoms with Crippen molar-refractivity contribution >= 4 is 38.6 Å². The molecule has 9 aromatic carbocycles. The van der Waals surface area contributed by atoms with Crippen molar-refractivity contribution in [3.8, 4) is 50.7 Å². The lowest BCUT2D eigenvalue weighted by atomic mass is 9.97. The largest absolute Gasteiger partial charge is 0.311 e. The number of aromatic nitrogens is 3. The Labute approximate surface area is 326 Å². The molecule has 0 saturated carbocycles. The maximum atomic E-state index is 5.03. The van der Waals surface area contributed by atoms with Crippen molar-refractivity contribution in [3.63, 3.8) is 0 Å². The summed E-state index contributed by atoms with van der Waals surface area (Å²) < 4.78 is 1.95. The lowest BCUT2D eigenvalue weighted by molar-refractivity contribution is 0.890. The standard InChI is InChI=1S/C52H36N4/c1-3-15-41(16-4-1)51-53-52(42-17-5-2-6-18-42)56(54-51)46-35-33-45(34-36-46)55(43-29-25-39(26-30-43)49-23-11-19-37-13-7-9-21-47(37)49)44-31-27-40(28-32-44)50-24-12-20-38-14-8-10-22-48(38)50/h1-36H. The van der Waals surface area contributed by atoms with Gasteiger partial charge in [-0.15, -0.1) is 5.10 Å². The Hall–Kier alpha value is -7.56. The first-order chi connectivity index (χ1) is 27.8. The van der Waals surface area contributed by atoms with E-state index < -0.39 is 0 Å². The molecule has 0 N–H and O–H groups in total. The van der Waals surface area contributed by atoms with Crippen molar-refractivity contribution in [2.75, 3.05) is 4.90 Å². The molecule has 0 aliphatic rings. The zero-order valence-electron chi connectivity index (χ0n) is 30.6. The molecule has 0 amide bonds. The molecule has 10 aromatic rings. The summed E-state index contributed by atoms with van der Waals surface area (Å²) in [5.41, 5.74) is 10.9. The third kappa shape index (κ3) is 6.19. The van der Waals surface area contributed by atoms with Crippen LogP contribution in [-0.2, 0) is 0 Å². The predicted molar refractivity (Wildman–Crippen MR) is 233 cm³/mol. The van der Waals surface area contributed by atoms with Crippen molar-refractivity contribution < 1.29 is 0 Å². The van der Waals surface area contributed by atoms with E-state index in [-0.39, 0.29) is 0 Å². The zero-order valence-corrected chi connectivity index (χ0v) is 30.6. The first-order valence-electron chi connectivity index (χ1n) is 18.9. The van der Waals surface area contributed by atoms with Gasteiger partial charge in [0.15, 0.2) is 11.6 Å². The second kappa shape index (κ2) is 14.3. The number of nitrogens with zero attached hydrogens (tertiary/aromatic N) is 4. The smallest absolute Gasteiger partial charge is 0.182 e. The molecule has 0 aliphatic heterocycles. The number of fused-ring (bicyclic) bond motifs is 2. The Morgan fingerprint density at radius 3 is 1.29 bits per heavy atom. The number of benzene rings is 9. The lowest BCUT2D eigenvalue weighted by Gasteiger charge is -2.26. The number of anilines is 3. The van der Waals surface area contributed by atoms with Crippen LogP contribution in [0.4, 0.5) is 17.1 Å². The van der Waals surface area contributed by atoms with E-state index in [1.807, 2.05) is 53.2 Å². The molecule has 0 saturated heterocycles. The Morgan fingerprint density at radius 2 is 0.768 bits per heavy atom. The third-order valence-corrected chi connectivity index (χ3v) is 10.5. The fourth-order valence-corrected chi connectivity index (χ4v) is 7.70. The van der Waals surface area contributed by atoms with Gasteiger partial charge in [0.05, 0.1) is 5.69 Å². The minimum absolute atomic E-state index is 0.688. The van der Waals surface area contributed by atoms with Gasteiger partial charge in [-0.2, -0.15) is 0 Å². The lowest BCUT2D eigenvalue weighted by Crippen LogP contribution is -2.10. The molecule has 4 heteroatoms. The summed E-state index contributed by atoms with van der Waals surface area (Å²) in [5, 5.41) is 10.00. The van der Waals surface area contributed by atoms with Gasteiger partial charge in [0.1, 0.15) is 0 Å². The van der Waals surface area contributed by atoms with Gasteiger partial charge in [0, 0.05) is 28.2 Å². The Morgan fingerprint density at radius 1 is 0.339 bits per heavy atom. The van der Waals surface area contributed by atoms with Crippen LogP contribution in [0.1, 0.15) is 0 Å². The van der Waals surface area contributed by atoms with E-state index >= 15 is 0 Å². The summed E-state index contributed by atoms with van der Waals surface area (Å²) in [7, 11) is 0. The maximum absolute atomic E-state index is 5.03. The van der Waals surface area contributed by atoms with Gasteiger partial charge in [-0.25, -0.2) is 9.67 Å². The van der Waals surface area contributed by atoms with Crippen LogP contribution in [-0.4, -0.2) is 14.8 Å². The van der Waals surface area contributed by atoms with Crippen molar-refractivity contribution in [1.82, 2.24) is 14.8 Å². The van der Waals surface area contributed by atoms with E-state index in [0.717, 1.165) is 39.7 Å². The highest BCUT2D eigenvalue weighted by atomic mass is 15.4. The molecular formula is C52H36N4. The summed E-state index contributed by atoms with van der Waals surface area (Å²) in [4.78, 5) is 7.34. The van der Waals surface area contributed by atoms with Crippen LogP contribution in [0.2, 0.25) is 0 Å². The molecule has 0 bridgehead atoms. The van der Waals surface area contributed by atoms with E-state index in [9.17, 15) is 0 Å². The molecule has 0 fully saturated rings. The predicted octanol–water partition coefficient (Wildman–Crippen LogP) is 13.7. The summed E-state index contributed by atoms with van der Waals surface area (Å²) in [6.45, 7) is 0.